The number of halogens is 1. The summed E-state index contributed by atoms with van der Waals surface area (Å²) in [6, 6.07) is 14.1. The number of methoxy groups -OCH3 is 1. The molecule has 0 saturated heterocycles. The normalized spacial score (nSPS) is 11.9. The van der Waals surface area contributed by atoms with Crippen molar-refractivity contribution in [2.75, 3.05) is 12.9 Å². The van der Waals surface area contributed by atoms with Gasteiger partial charge in [-0.25, -0.2) is 0 Å². The van der Waals surface area contributed by atoms with Crippen LogP contribution in [0.2, 0.25) is 0 Å². The largest absolute Gasteiger partial charge is 0.495 e. The van der Waals surface area contributed by atoms with Gasteiger partial charge in [0.2, 0.25) is 0 Å². The maximum Gasteiger partial charge on any atom is 0.176 e. The molecule has 1 atom stereocenters. The third-order valence-electron chi connectivity index (χ3n) is 2.75. The summed E-state index contributed by atoms with van der Waals surface area (Å²) >= 11 is 3.33. The molecule has 0 fully saturated rings. The molecule has 104 valence electrons. The molecule has 0 bridgehead atoms. The van der Waals surface area contributed by atoms with E-state index >= 15 is 0 Å². The highest BCUT2D eigenvalue weighted by Crippen LogP contribution is 2.23. The predicted octanol–water partition coefficient (Wildman–Crippen LogP) is 3.45. The van der Waals surface area contributed by atoms with Gasteiger partial charge in [0.15, 0.2) is 5.78 Å². The molecular formula is C15H13BrO3S. The summed E-state index contributed by atoms with van der Waals surface area (Å²) < 4.78 is 18.2. The van der Waals surface area contributed by atoms with Crippen molar-refractivity contribution in [2.45, 2.75) is 4.90 Å². The lowest BCUT2D eigenvalue weighted by molar-refractivity contribution is 0.102. The number of carbonyl (C=O) groups excluding carboxylic acids is 1. The molecule has 2 aromatic carbocycles. The van der Waals surface area contributed by atoms with Crippen molar-refractivity contribution in [2.24, 2.45) is 0 Å². The van der Waals surface area contributed by atoms with Gasteiger partial charge in [0.1, 0.15) is 5.75 Å². The first kappa shape index (κ1) is 14.9. The molecule has 0 spiro atoms. The quantitative estimate of drug-likeness (QED) is 0.774. The molecule has 0 amide bonds. The molecule has 2 aromatic rings. The maximum absolute atomic E-state index is 12.3. The van der Waals surface area contributed by atoms with Crippen LogP contribution < -0.4 is 4.74 Å². The van der Waals surface area contributed by atoms with Crippen molar-refractivity contribution < 1.29 is 13.7 Å². The van der Waals surface area contributed by atoms with Gasteiger partial charge in [-0.15, -0.1) is 0 Å². The average molecular weight is 353 g/mol. The first-order valence-corrected chi connectivity index (χ1v) is 8.04. The van der Waals surface area contributed by atoms with Crippen LogP contribution in [-0.2, 0) is 10.8 Å². The first-order chi connectivity index (χ1) is 9.63. The summed E-state index contributed by atoms with van der Waals surface area (Å²) in [5.74, 6) is 0.302. The standard InChI is InChI=1S/C15H13BrO3S/c1-19-14-8-4-5-9-15(14)20(18)10-13(17)11-6-2-3-7-12(11)16/h2-9H,10H2,1H3. The van der Waals surface area contributed by atoms with Gasteiger partial charge >= 0.3 is 0 Å². The summed E-state index contributed by atoms with van der Waals surface area (Å²) in [6.07, 6.45) is 0. The summed E-state index contributed by atoms with van der Waals surface area (Å²) in [5, 5.41) is 0. The van der Waals surface area contributed by atoms with Crippen LogP contribution in [0.15, 0.2) is 57.9 Å². The maximum atomic E-state index is 12.3. The van der Waals surface area contributed by atoms with E-state index in [0.29, 0.717) is 20.7 Å². The number of Topliss-reactive ketones (excluding diaryl/α,β-unsaturated/α-hetero) is 1. The lowest BCUT2D eigenvalue weighted by Gasteiger charge is -2.08. The number of rotatable bonds is 5. The molecule has 0 N–H and O–H groups in total. The molecule has 3 nitrogen and oxygen atoms in total. The second-order valence-electron chi connectivity index (χ2n) is 4.04. The van der Waals surface area contributed by atoms with E-state index in [9.17, 15) is 9.00 Å². The zero-order valence-corrected chi connectivity index (χ0v) is 13.2. The number of benzene rings is 2. The van der Waals surface area contributed by atoms with Crippen molar-refractivity contribution >= 4 is 32.5 Å². The summed E-state index contributed by atoms with van der Waals surface area (Å²) in [6.45, 7) is 0. The highest BCUT2D eigenvalue weighted by atomic mass is 79.9. The van der Waals surface area contributed by atoms with Crippen LogP contribution in [0.25, 0.3) is 0 Å². The number of hydrogen-bond donors (Lipinski definition) is 0. The van der Waals surface area contributed by atoms with Gasteiger partial charge < -0.3 is 4.74 Å². The van der Waals surface area contributed by atoms with E-state index in [1.165, 1.54) is 7.11 Å². The van der Waals surface area contributed by atoms with Crippen LogP contribution in [0, 0.1) is 0 Å². The van der Waals surface area contributed by atoms with Gasteiger partial charge in [-0.1, -0.05) is 46.3 Å². The first-order valence-electron chi connectivity index (χ1n) is 5.92. The molecule has 20 heavy (non-hydrogen) atoms. The van der Waals surface area contributed by atoms with Crippen molar-refractivity contribution in [3.05, 3.63) is 58.6 Å². The molecule has 0 aliphatic rings. The minimum absolute atomic E-state index is 0.0665. The minimum Gasteiger partial charge on any atom is -0.495 e. The Morgan fingerprint density at radius 1 is 1.15 bits per heavy atom. The van der Waals surface area contributed by atoms with Gasteiger partial charge in [-0.3, -0.25) is 9.00 Å². The fourth-order valence-corrected chi connectivity index (χ4v) is 3.43. The molecule has 0 aliphatic carbocycles. The van der Waals surface area contributed by atoms with Gasteiger partial charge in [-0.05, 0) is 18.2 Å². The molecule has 1 unspecified atom stereocenters. The average Bonchev–Trinajstić information content (AvgIpc) is 2.47. The van der Waals surface area contributed by atoms with E-state index in [4.69, 9.17) is 4.74 Å². The zero-order chi connectivity index (χ0) is 14.5. The van der Waals surface area contributed by atoms with Crippen molar-refractivity contribution in [3.63, 3.8) is 0 Å². The number of ketones is 1. The van der Waals surface area contributed by atoms with E-state index in [1.807, 2.05) is 6.07 Å². The second kappa shape index (κ2) is 6.81. The van der Waals surface area contributed by atoms with E-state index in [2.05, 4.69) is 15.9 Å². The van der Waals surface area contributed by atoms with Gasteiger partial charge in [0, 0.05) is 10.0 Å². The monoisotopic (exact) mass is 352 g/mol. The van der Waals surface area contributed by atoms with E-state index in [1.54, 1.807) is 42.5 Å². The summed E-state index contributed by atoms with van der Waals surface area (Å²) in [4.78, 5) is 12.7. The smallest absolute Gasteiger partial charge is 0.176 e. The Labute approximate surface area is 128 Å². The summed E-state index contributed by atoms with van der Waals surface area (Å²) in [7, 11) is 0.0904. The van der Waals surface area contributed by atoms with Gasteiger partial charge in [0.05, 0.1) is 28.6 Å². The van der Waals surface area contributed by atoms with Crippen LogP contribution in [0.5, 0.6) is 5.75 Å². The Kier molecular flexibility index (Phi) is 5.09. The van der Waals surface area contributed by atoms with Crippen LogP contribution in [0.1, 0.15) is 10.4 Å². The van der Waals surface area contributed by atoms with Crippen LogP contribution in [0.3, 0.4) is 0 Å². The Morgan fingerprint density at radius 2 is 1.80 bits per heavy atom. The topological polar surface area (TPSA) is 43.4 Å². The van der Waals surface area contributed by atoms with Crippen molar-refractivity contribution in [1.29, 1.82) is 0 Å². The fraction of sp³-hybridized carbons (Fsp3) is 0.133. The number of carbonyl (C=O) groups is 1. The fourth-order valence-electron chi connectivity index (χ4n) is 1.77. The van der Waals surface area contributed by atoms with Gasteiger partial charge in [0.25, 0.3) is 0 Å². The highest BCUT2D eigenvalue weighted by molar-refractivity contribution is 9.10. The Bertz CT molecular complexity index is 655. The summed E-state index contributed by atoms with van der Waals surface area (Å²) in [5.41, 5.74) is 0.538. The third kappa shape index (κ3) is 3.35. The van der Waals surface area contributed by atoms with E-state index < -0.39 is 10.8 Å². The molecule has 0 aliphatic heterocycles. The lowest BCUT2D eigenvalue weighted by Crippen LogP contribution is -2.12. The SMILES string of the molecule is COc1ccccc1S(=O)CC(=O)c1ccccc1Br. The minimum atomic E-state index is -1.43. The second-order valence-corrected chi connectivity index (χ2v) is 6.32. The highest BCUT2D eigenvalue weighted by Gasteiger charge is 2.17. The molecular weight excluding hydrogens is 340 g/mol. The molecule has 0 radical (unpaired) electrons. The zero-order valence-electron chi connectivity index (χ0n) is 10.8. The number of ether oxygens (including phenoxy) is 1. The molecule has 0 saturated carbocycles. The molecule has 0 heterocycles. The van der Waals surface area contributed by atoms with Crippen molar-refractivity contribution in [3.8, 4) is 5.75 Å². The molecule has 2 rings (SSSR count). The van der Waals surface area contributed by atoms with Crippen LogP contribution in [0.4, 0.5) is 0 Å². The van der Waals surface area contributed by atoms with E-state index in [-0.39, 0.29) is 11.5 Å². The number of hydrogen-bond acceptors (Lipinski definition) is 3. The van der Waals surface area contributed by atoms with Crippen molar-refractivity contribution in [1.82, 2.24) is 0 Å². The number of para-hydroxylation sites is 1. The Morgan fingerprint density at radius 3 is 2.50 bits per heavy atom. The Balaban J connectivity index is 2.20. The predicted molar refractivity (Wildman–Crippen MR) is 82.7 cm³/mol. The molecule has 5 heteroatoms. The lowest BCUT2D eigenvalue weighted by atomic mass is 10.1. The van der Waals surface area contributed by atoms with Gasteiger partial charge in [-0.2, -0.15) is 0 Å². The Hall–Kier alpha value is -1.46. The third-order valence-corrected chi connectivity index (χ3v) is 4.79. The van der Waals surface area contributed by atoms with Crippen LogP contribution in [-0.4, -0.2) is 22.9 Å². The molecule has 0 aromatic heterocycles. The van der Waals surface area contributed by atoms with E-state index in [0.717, 1.165) is 0 Å². The van der Waals surface area contributed by atoms with Crippen LogP contribution >= 0.6 is 15.9 Å².